The molecule has 2 aromatic heterocycles. The van der Waals surface area contributed by atoms with Crippen molar-refractivity contribution in [3.05, 3.63) is 93.0 Å². The zero-order valence-corrected chi connectivity index (χ0v) is 19.3. The number of aromatic nitrogens is 3. The molecule has 0 bridgehead atoms. The van der Waals surface area contributed by atoms with Gasteiger partial charge in [0.1, 0.15) is 0 Å². The highest BCUT2D eigenvalue weighted by atomic mass is 35.5. The van der Waals surface area contributed by atoms with E-state index >= 15 is 0 Å². The minimum Gasteiger partial charge on any atom is -0.324 e. The van der Waals surface area contributed by atoms with E-state index in [0.717, 1.165) is 5.56 Å². The third kappa shape index (κ3) is 4.80. The summed E-state index contributed by atoms with van der Waals surface area (Å²) < 4.78 is 1.57. The van der Waals surface area contributed by atoms with Gasteiger partial charge >= 0.3 is 0 Å². The van der Waals surface area contributed by atoms with E-state index in [9.17, 15) is 9.59 Å². The summed E-state index contributed by atoms with van der Waals surface area (Å²) in [5.74, 6) is -0.283. The number of anilines is 1. The van der Waals surface area contributed by atoms with Gasteiger partial charge in [-0.25, -0.2) is 4.98 Å². The number of pyridine rings is 1. The normalized spacial score (nSPS) is 12.0. The van der Waals surface area contributed by atoms with Crippen LogP contribution in [0.25, 0.3) is 10.9 Å². The number of carbonyl (C=O) groups excluding carboxylic acids is 1. The van der Waals surface area contributed by atoms with Crippen LogP contribution >= 0.6 is 35.0 Å². The quantitative estimate of drug-likeness (QED) is 0.298. The molecule has 0 saturated heterocycles. The van der Waals surface area contributed by atoms with Crippen LogP contribution in [0.2, 0.25) is 10.0 Å². The number of hydrogen-bond donors (Lipinski definition) is 1. The largest absolute Gasteiger partial charge is 0.324 e. The highest BCUT2D eigenvalue weighted by molar-refractivity contribution is 8.00. The Balaban J connectivity index is 1.66. The standard InChI is InChI=1S/C23H18Cl2N4O2S/c1-14(21(30)27-19-10-4-8-17(24)20(19)25)32-23-28-18-9-3-2-7-16(18)22(31)29(23)13-15-6-5-11-26-12-15/h2-12,14H,13H2,1H3,(H,27,30). The van der Waals surface area contributed by atoms with Crippen LogP contribution in [0.4, 0.5) is 5.69 Å². The van der Waals surface area contributed by atoms with Crippen molar-refractivity contribution in [3.8, 4) is 0 Å². The van der Waals surface area contributed by atoms with E-state index in [1.165, 1.54) is 11.8 Å². The average molecular weight is 485 g/mol. The Labute approximate surface area is 198 Å². The molecule has 1 N–H and O–H groups in total. The van der Waals surface area contributed by atoms with Crippen molar-refractivity contribution >= 4 is 57.5 Å². The molecular formula is C23H18Cl2N4O2S. The molecule has 0 fully saturated rings. The van der Waals surface area contributed by atoms with Crippen molar-refractivity contribution in [1.29, 1.82) is 0 Å². The molecule has 4 aromatic rings. The first kappa shape index (κ1) is 22.3. The van der Waals surface area contributed by atoms with E-state index in [2.05, 4.69) is 15.3 Å². The number of amides is 1. The summed E-state index contributed by atoms with van der Waals surface area (Å²) in [6, 6.07) is 15.9. The molecule has 2 heterocycles. The lowest BCUT2D eigenvalue weighted by Crippen LogP contribution is -2.27. The van der Waals surface area contributed by atoms with Crippen LogP contribution in [0.1, 0.15) is 12.5 Å². The van der Waals surface area contributed by atoms with Crippen LogP contribution in [0.3, 0.4) is 0 Å². The Morgan fingerprint density at radius 2 is 1.94 bits per heavy atom. The Hall–Kier alpha value is -2.87. The third-order valence-corrected chi connectivity index (χ3v) is 6.66. The second-order valence-corrected chi connectivity index (χ2v) is 9.11. The molecule has 0 radical (unpaired) electrons. The highest BCUT2D eigenvalue weighted by Gasteiger charge is 2.21. The maximum absolute atomic E-state index is 13.2. The van der Waals surface area contributed by atoms with Crippen molar-refractivity contribution in [2.24, 2.45) is 0 Å². The number of rotatable bonds is 6. The van der Waals surface area contributed by atoms with Gasteiger partial charge in [0.2, 0.25) is 5.91 Å². The lowest BCUT2D eigenvalue weighted by molar-refractivity contribution is -0.115. The van der Waals surface area contributed by atoms with Crippen LogP contribution < -0.4 is 10.9 Å². The minimum atomic E-state index is -0.557. The maximum Gasteiger partial charge on any atom is 0.262 e. The molecule has 2 aromatic carbocycles. The molecular weight excluding hydrogens is 467 g/mol. The Bertz CT molecular complexity index is 1350. The number of para-hydroxylation sites is 1. The fourth-order valence-corrected chi connectivity index (χ4v) is 4.35. The van der Waals surface area contributed by atoms with Crippen LogP contribution in [0, 0.1) is 0 Å². The topological polar surface area (TPSA) is 76.9 Å². The van der Waals surface area contributed by atoms with Crippen molar-refractivity contribution in [1.82, 2.24) is 14.5 Å². The van der Waals surface area contributed by atoms with Gasteiger partial charge in [-0.3, -0.25) is 19.1 Å². The molecule has 6 nitrogen and oxygen atoms in total. The second-order valence-electron chi connectivity index (χ2n) is 7.01. The fraction of sp³-hybridized carbons (Fsp3) is 0.130. The Morgan fingerprint density at radius 3 is 2.72 bits per heavy atom. The summed E-state index contributed by atoms with van der Waals surface area (Å²) in [7, 11) is 0. The van der Waals surface area contributed by atoms with Gasteiger partial charge < -0.3 is 5.32 Å². The zero-order chi connectivity index (χ0) is 22.7. The molecule has 1 amide bonds. The summed E-state index contributed by atoms with van der Waals surface area (Å²) in [4.78, 5) is 34.9. The Morgan fingerprint density at radius 1 is 1.12 bits per heavy atom. The van der Waals surface area contributed by atoms with Gasteiger partial charge in [0.25, 0.3) is 5.56 Å². The summed E-state index contributed by atoms with van der Waals surface area (Å²) in [5, 5.41) is 3.82. The first-order chi connectivity index (χ1) is 15.4. The van der Waals surface area contributed by atoms with Crippen molar-refractivity contribution in [2.45, 2.75) is 23.9 Å². The molecule has 0 saturated carbocycles. The monoisotopic (exact) mass is 484 g/mol. The van der Waals surface area contributed by atoms with Gasteiger partial charge in [0, 0.05) is 12.4 Å². The van der Waals surface area contributed by atoms with E-state index in [-0.39, 0.29) is 16.5 Å². The van der Waals surface area contributed by atoms with Gasteiger partial charge in [-0.1, -0.05) is 59.2 Å². The molecule has 9 heteroatoms. The first-order valence-electron chi connectivity index (χ1n) is 9.74. The SMILES string of the molecule is CC(Sc1nc2ccccc2c(=O)n1Cc1cccnc1)C(=O)Nc1cccc(Cl)c1Cl. The first-order valence-corrected chi connectivity index (χ1v) is 11.4. The number of hydrogen-bond acceptors (Lipinski definition) is 5. The fourth-order valence-electron chi connectivity index (χ4n) is 3.10. The number of benzene rings is 2. The zero-order valence-electron chi connectivity index (χ0n) is 17.0. The summed E-state index contributed by atoms with van der Waals surface area (Å²) in [5.41, 5.74) is 1.69. The van der Waals surface area contributed by atoms with Gasteiger partial charge in [0.05, 0.1) is 38.4 Å². The summed E-state index contributed by atoms with van der Waals surface area (Å²) in [6.07, 6.45) is 3.38. The predicted molar refractivity (Wildman–Crippen MR) is 130 cm³/mol. The highest BCUT2D eigenvalue weighted by Crippen LogP contribution is 2.31. The van der Waals surface area contributed by atoms with E-state index in [1.54, 1.807) is 60.3 Å². The molecule has 32 heavy (non-hydrogen) atoms. The number of fused-ring (bicyclic) bond motifs is 1. The van der Waals surface area contributed by atoms with Crippen LogP contribution in [-0.4, -0.2) is 25.7 Å². The van der Waals surface area contributed by atoms with Crippen molar-refractivity contribution < 1.29 is 4.79 Å². The lowest BCUT2D eigenvalue weighted by atomic mass is 10.2. The molecule has 0 spiro atoms. The smallest absolute Gasteiger partial charge is 0.262 e. The number of nitrogens with zero attached hydrogens (tertiary/aromatic N) is 3. The van der Waals surface area contributed by atoms with E-state index in [1.807, 2.05) is 18.2 Å². The number of carbonyl (C=O) groups is 1. The molecule has 1 atom stereocenters. The second kappa shape index (κ2) is 9.73. The molecule has 1 unspecified atom stereocenters. The minimum absolute atomic E-state index is 0.174. The number of nitrogens with one attached hydrogen (secondary N) is 1. The number of halogens is 2. The Kier molecular flexibility index (Phi) is 6.79. The molecule has 0 aliphatic heterocycles. The van der Waals surface area contributed by atoms with Crippen LogP contribution in [-0.2, 0) is 11.3 Å². The molecule has 4 rings (SSSR count). The van der Waals surface area contributed by atoms with Gasteiger partial charge in [-0.2, -0.15) is 0 Å². The van der Waals surface area contributed by atoms with Gasteiger partial charge in [-0.15, -0.1) is 0 Å². The summed E-state index contributed by atoms with van der Waals surface area (Å²) >= 11 is 13.4. The molecule has 0 aliphatic carbocycles. The van der Waals surface area contributed by atoms with Crippen molar-refractivity contribution in [2.75, 3.05) is 5.32 Å². The van der Waals surface area contributed by atoms with E-state index in [0.29, 0.717) is 33.3 Å². The maximum atomic E-state index is 13.2. The van der Waals surface area contributed by atoms with E-state index < -0.39 is 5.25 Å². The van der Waals surface area contributed by atoms with Crippen LogP contribution in [0.5, 0.6) is 0 Å². The van der Waals surface area contributed by atoms with Gasteiger partial charge in [-0.05, 0) is 42.8 Å². The van der Waals surface area contributed by atoms with Crippen LogP contribution in [0.15, 0.2) is 76.9 Å². The third-order valence-electron chi connectivity index (χ3n) is 4.75. The summed E-state index contributed by atoms with van der Waals surface area (Å²) in [6.45, 7) is 2.04. The lowest BCUT2D eigenvalue weighted by Gasteiger charge is -2.17. The van der Waals surface area contributed by atoms with Gasteiger partial charge in [0.15, 0.2) is 5.16 Å². The van der Waals surface area contributed by atoms with E-state index in [4.69, 9.17) is 23.2 Å². The number of thioether (sulfide) groups is 1. The molecule has 0 aliphatic rings. The average Bonchev–Trinajstić information content (AvgIpc) is 2.80. The predicted octanol–water partition coefficient (Wildman–Crippen LogP) is 5.27. The van der Waals surface area contributed by atoms with Crippen molar-refractivity contribution in [3.63, 3.8) is 0 Å². The molecule has 162 valence electrons.